The van der Waals surface area contributed by atoms with Gasteiger partial charge in [-0.1, -0.05) is 65.7 Å². The molecule has 1 aliphatic rings. The van der Waals surface area contributed by atoms with Crippen LogP contribution in [-0.4, -0.2) is 39.3 Å². The fourth-order valence-corrected chi connectivity index (χ4v) is 4.79. The number of carbonyl (C=O) groups excluding carboxylic acids is 3. The molecule has 1 heterocycles. The molecule has 186 valence electrons. The van der Waals surface area contributed by atoms with Crippen LogP contribution in [0.5, 0.6) is 0 Å². The first-order valence-corrected chi connectivity index (χ1v) is 12.7. The van der Waals surface area contributed by atoms with E-state index in [1.807, 2.05) is 42.5 Å². The number of benzene rings is 3. The normalized spacial score (nSPS) is 15.2. The molecule has 1 saturated heterocycles. The summed E-state index contributed by atoms with van der Waals surface area (Å²) < 4.78 is 6.91. The summed E-state index contributed by atoms with van der Waals surface area (Å²) in [7, 11) is 0. The smallest absolute Gasteiger partial charge is 0.335 e. The molecular weight excluding hydrogens is 521 g/mol. The van der Waals surface area contributed by atoms with E-state index in [0.717, 1.165) is 23.1 Å². The van der Waals surface area contributed by atoms with Gasteiger partial charge in [-0.15, -0.1) is 0 Å². The number of ether oxygens (including phenoxy) is 1. The molecule has 3 amide bonds. The summed E-state index contributed by atoms with van der Waals surface area (Å²) in [4.78, 5) is 39.7. The molecule has 1 fully saturated rings. The molecule has 3 aromatic carbocycles. The number of hydrogen-bond donors (Lipinski definition) is 1. The molecule has 36 heavy (non-hydrogen) atoms. The lowest BCUT2D eigenvalue weighted by Crippen LogP contribution is -2.46. The van der Waals surface area contributed by atoms with Crippen LogP contribution >= 0.6 is 35.1 Å². The predicted octanol–water partition coefficient (Wildman–Crippen LogP) is 5.73. The van der Waals surface area contributed by atoms with Crippen molar-refractivity contribution >= 4 is 53.1 Å². The number of aryl methyl sites for hydroxylation is 1. The minimum atomic E-state index is -0.769. The van der Waals surface area contributed by atoms with Gasteiger partial charge < -0.3 is 10.1 Å². The van der Waals surface area contributed by atoms with Gasteiger partial charge in [0.2, 0.25) is 0 Å². The Hall–Kier alpha value is -3.20. The summed E-state index contributed by atoms with van der Waals surface area (Å²) in [5.74, 6) is -0.818. The first-order chi connectivity index (χ1) is 17.4. The van der Waals surface area contributed by atoms with Crippen molar-refractivity contribution in [3.05, 3.63) is 106 Å². The average molecular weight is 544 g/mol. The van der Waals surface area contributed by atoms with Crippen LogP contribution in [-0.2, 0) is 22.5 Å². The maximum Gasteiger partial charge on any atom is 0.335 e. The molecule has 0 saturated carbocycles. The quantitative estimate of drug-likeness (QED) is 0.275. The fourth-order valence-electron chi connectivity index (χ4n) is 3.46. The molecule has 0 bridgehead atoms. The second kappa shape index (κ2) is 12.2. The maximum atomic E-state index is 13.2. The number of hydrogen-bond acceptors (Lipinski definition) is 5. The van der Waals surface area contributed by atoms with Gasteiger partial charge >= 0.3 is 12.0 Å². The van der Waals surface area contributed by atoms with E-state index in [9.17, 15) is 14.4 Å². The van der Waals surface area contributed by atoms with Crippen molar-refractivity contribution in [2.24, 2.45) is 0 Å². The Kier molecular flexibility index (Phi) is 8.74. The van der Waals surface area contributed by atoms with E-state index < -0.39 is 11.5 Å². The van der Waals surface area contributed by atoms with E-state index in [1.165, 1.54) is 9.21 Å². The maximum absolute atomic E-state index is 13.2. The third-order valence-electron chi connectivity index (χ3n) is 5.39. The molecule has 1 N–H and O–H groups in total. The molecule has 0 spiro atoms. The van der Waals surface area contributed by atoms with Gasteiger partial charge in [-0.05, 0) is 53.9 Å². The molecule has 0 aliphatic carbocycles. The van der Waals surface area contributed by atoms with Crippen molar-refractivity contribution in [3.63, 3.8) is 0 Å². The lowest BCUT2D eigenvalue weighted by molar-refractivity contribution is -0.147. The summed E-state index contributed by atoms with van der Waals surface area (Å²) >= 11 is 13.0. The number of halogens is 2. The Morgan fingerprint density at radius 3 is 2.19 bits per heavy atom. The van der Waals surface area contributed by atoms with E-state index in [4.69, 9.17) is 27.9 Å². The van der Waals surface area contributed by atoms with E-state index in [0.29, 0.717) is 22.0 Å². The molecule has 1 aliphatic heterocycles. The van der Waals surface area contributed by atoms with Gasteiger partial charge in [0.1, 0.15) is 0 Å². The fraction of sp³-hybridized carbons (Fsp3) is 0.192. The molecule has 7 nitrogen and oxygen atoms in total. The number of carbonyl (C=O) groups is 3. The highest BCUT2D eigenvalue weighted by atomic mass is 35.5. The molecule has 1 unspecified atom stereocenters. The van der Waals surface area contributed by atoms with Crippen LogP contribution < -0.4 is 5.32 Å². The monoisotopic (exact) mass is 543 g/mol. The van der Waals surface area contributed by atoms with Crippen molar-refractivity contribution in [2.45, 2.75) is 24.9 Å². The van der Waals surface area contributed by atoms with Crippen LogP contribution in [0.2, 0.25) is 10.0 Å². The van der Waals surface area contributed by atoms with E-state index in [2.05, 4.69) is 5.32 Å². The van der Waals surface area contributed by atoms with Crippen LogP contribution in [0, 0.1) is 0 Å². The molecular formula is C26H23Cl2N3O4S. The molecule has 0 aromatic heterocycles. The average Bonchev–Trinajstić information content (AvgIpc) is 3.17. The Bertz CT molecular complexity index is 1210. The highest BCUT2D eigenvalue weighted by Gasteiger charge is 2.40. The number of esters is 1. The predicted molar refractivity (Wildman–Crippen MR) is 140 cm³/mol. The number of amides is 3. The Labute approximate surface area is 223 Å². The van der Waals surface area contributed by atoms with E-state index in [-0.39, 0.29) is 31.6 Å². The number of nitrogens with zero attached hydrogens (tertiary/aromatic N) is 2. The third-order valence-corrected chi connectivity index (χ3v) is 7.01. The van der Waals surface area contributed by atoms with Crippen molar-refractivity contribution in [2.75, 3.05) is 6.73 Å². The Balaban J connectivity index is 1.42. The summed E-state index contributed by atoms with van der Waals surface area (Å²) in [6.07, 6.45) is 0.706. The zero-order chi connectivity index (χ0) is 25.5. The highest BCUT2D eigenvalue weighted by molar-refractivity contribution is 7.98. The van der Waals surface area contributed by atoms with Crippen LogP contribution in [0.15, 0.2) is 78.9 Å². The van der Waals surface area contributed by atoms with E-state index >= 15 is 0 Å². The van der Waals surface area contributed by atoms with Crippen molar-refractivity contribution < 1.29 is 19.1 Å². The summed E-state index contributed by atoms with van der Waals surface area (Å²) in [5.41, 5.74) is 1.51. The number of urea groups is 1. The largest absolute Gasteiger partial charge is 0.444 e. The molecule has 10 heteroatoms. The summed E-state index contributed by atoms with van der Waals surface area (Å²) in [6.45, 7) is -0.00538. The van der Waals surface area contributed by atoms with E-state index in [1.54, 1.807) is 36.4 Å². The molecule has 0 radical (unpaired) electrons. The first-order valence-electron chi connectivity index (χ1n) is 11.1. The summed E-state index contributed by atoms with van der Waals surface area (Å²) in [6, 6.07) is 22.8. The van der Waals surface area contributed by atoms with Crippen molar-refractivity contribution in [1.29, 1.82) is 0 Å². The van der Waals surface area contributed by atoms with Gasteiger partial charge in [0, 0.05) is 34.0 Å². The van der Waals surface area contributed by atoms with Crippen LogP contribution in [0.4, 0.5) is 4.79 Å². The van der Waals surface area contributed by atoms with Gasteiger partial charge in [0.25, 0.3) is 5.91 Å². The molecule has 1 atom stereocenters. The second-order valence-corrected chi connectivity index (χ2v) is 9.96. The van der Waals surface area contributed by atoms with Gasteiger partial charge in [-0.3, -0.25) is 18.8 Å². The lowest BCUT2D eigenvalue weighted by atomic mass is 10.1. The standard InChI is InChI=1S/C26H23Cl2N3O4S/c27-21-11-6-19(7-12-21)16-31-26(34)30(17-35-23(32)15-8-18-4-2-1-3-5-18)25(36-31)29-24(33)20-9-13-22(28)14-10-20/h1-7,9-14,25H,8,15-17H2,(H,29,33). The van der Waals surface area contributed by atoms with Gasteiger partial charge in [-0.25, -0.2) is 4.79 Å². The van der Waals surface area contributed by atoms with Crippen molar-refractivity contribution in [3.8, 4) is 0 Å². The van der Waals surface area contributed by atoms with Gasteiger partial charge in [0.15, 0.2) is 12.2 Å². The van der Waals surface area contributed by atoms with Crippen LogP contribution in [0.25, 0.3) is 0 Å². The molecule has 3 aromatic rings. The van der Waals surface area contributed by atoms with Gasteiger partial charge in [-0.2, -0.15) is 0 Å². The second-order valence-electron chi connectivity index (χ2n) is 7.98. The topological polar surface area (TPSA) is 79.0 Å². The molecule has 4 rings (SSSR count). The highest BCUT2D eigenvalue weighted by Crippen LogP contribution is 2.31. The van der Waals surface area contributed by atoms with Crippen LogP contribution in [0.1, 0.15) is 27.9 Å². The Morgan fingerprint density at radius 1 is 0.889 bits per heavy atom. The lowest BCUT2D eigenvalue weighted by Gasteiger charge is -2.22. The van der Waals surface area contributed by atoms with Gasteiger partial charge in [0.05, 0.1) is 6.54 Å². The SMILES string of the molecule is O=C(CCc1ccccc1)OCN1C(=O)N(Cc2ccc(Cl)cc2)SC1NC(=O)c1ccc(Cl)cc1. The Morgan fingerprint density at radius 2 is 1.53 bits per heavy atom. The number of rotatable bonds is 9. The van der Waals surface area contributed by atoms with Crippen molar-refractivity contribution in [1.82, 2.24) is 14.5 Å². The first kappa shape index (κ1) is 25.9. The third kappa shape index (κ3) is 6.94. The minimum Gasteiger partial charge on any atom is -0.444 e. The minimum absolute atomic E-state index is 0.176. The summed E-state index contributed by atoms with van der Waals surface area (Å²) in [5, 5.41) is 3.94. The zero-order valence-electron chi connectivity index (χ0n) is 19.1. The van der Waals surface area contributed by atoms with Crippen LogP contribution in [0.3, 0.4) is 0 Å². The number of nitrogens with one attached hydrogen (secondary N) is 1. The zero-order valence-corrected chi connectivity index (χ0v) is 21.4.